The van der Waals surface area contributed by atoms with E-state index in [1.165, 1.54) is 11.1 Å². The molecule has 1 aromatic carbocycles. The maximum Gasteiger partial charge on any atom is 0.291 e. The summed E-state index contributed by atoms with van der Waals surface area (Å²) in [5.74, 6) is 0.0845. The molecule has 3 aromatic rings. The summed E-state index contributed by atoms with van der Waals surface area (Å²) < 4.78 is 3.22. The highest BCUT2D eigenvalue weighted by Gasteiger charge is 2.27. The van der Waals surface area contributed by atoms with Gasteiger partial charge < -0.3 is 9.47 Å². The molecule has 130 valence electrons. The van der Waals surface area contributed by atoms with Gasteiger partial charge in [-0.05, 0) is 32.3 Å². The predicted octanol–water partition coefficient (Wildman–Crippen LogP) is 2.46. The molecule has 0 radical (unpaired) electrons. The highest BCUT2D eigenvalue weighted by atomic mass is 16.2. The van der Waals surface area contributed by atoms with Gasteiger partial charge >= 0.3 is 0 Å². The maximum atomic E-state index is 13.1. The van der Waals surface area contributed by atoms with Crippen LogP contribution in [0.3, 0.4) is 0 Å². The Labute approximate surface area is 145 Å². The lowest BCUT2D eigenvalue weighted by Crippen LogP contribution is -2.40. The molecule has 1 unspecified atom stereocenters. The average molecular weight is 338 g/mol. The van der Waals surface area contributed by atoms with Crippen LogP contribution >= 0.6 is 0 Å². The van der Waals surface area contributed by atoms with Crippen LogP contribution < -0.4 is 5.56 Å². The number of nitrogens with zero attached hydrogens (tertiary/aromatic N) is 4. The third kappa shape index (κ3) is 2.44. The number of likely N-dealkylation sites (tertiary alicyclic amines) is 1. The number of piperidine rings is 1. The number of para-hydroxylation sites is 1. The summed E-state index contributed by atoms with van der Waals surface area (Å²) in [5, 5.41) is 5.92. The van der Waals surface area contributed by atoms with Crippen molar-refractivity contribution in [3.8, 4) is 0 Å². The summed E-state index contributed by atoms with van der Waals surface area (Å²) in [6, 6.07) is 7.41. The molecule has 1 aliphatic rings. The summed E-state index contributed by atoms with van der Waals surface area (Å²) in [7, 11) is 1.64. The van der Waals surface area contributed by atoms with E-state index in [0.717, 1.165) is 42.2 Å². The summed E-state index contributed by atoms with van der Waals surface area (Å²) in [5.41, 5.74) is 1.28. The number of hydrogen-bond donors (Lipinski definition) is 0. The number of carbonyl (C=O) groups excluding carboxylic acids is 1. The van der Waals surface area contributed by atoms with Gasteiger partial charge in [0.1, 0.15) is 11.6 Å². The van der Waals surface area contributed by atoms with E-state index in [4.69, 9.17) is 0 Å². The molecular formula is C19H22N4O2. The first-order valence-electron chi connectivity index (χ1n) is 8.83. The van der Waals surface area contributed by atoms with E-state index in [9.17, 15) is 9.59 Å². The Morgan fingerprint density at radius 3 is 2.60 bits per heavy atom. The molecule has 1 amide bonds. The Morgan fingerprint density at radius 2 is 1.84 bits per heavy atom. The quantitative estimate of drug-likeness (QED) is 0.721. The highest BCUT2D eigenvalue weighted by molar-refractivity contribution is 6.08. The van der Waals surface area contributed by atoms with Gasteiger partial charge in [0.15, 0.2) is 0 Å². The lowest BCUT2D eigenvalue weighted by atomic mass is 10.1. The van der Waals surface area contributed by atoms with Gasteiger partial charge in [0.05, 0.1) is 11.7 Å². The van der Waals surface area contributed by atoms with Crippen LogP contribution in [-0.2, 0) is 11.8 Å². The lowest BCUT2D eigenvalue weighted by molar-refractivity contribution is -0.135. The van der Waals surface area contributed by atoms with Gasteiger partial charge in [-0.3, -0.25) is 9.59 Å². The maximum absolute atomic E-state index is 13.1. The van der Waals surface area contributed by atoms with Crippen molar-refractivity contribution >= 4 is 27.7 Å². The Morgan fingerprint density at radius 1 is 1.12 bits per heavy atom. The molecule has 1 fully saturated rings. The number of amides is 1. The summed E-state index contributed by atoms with van der Waals surface area (Å²) in [6.07, 6.45) is 5.00. The molecule has 25 heavy (non-hydrogen) atoms. The third-order valence-electron chi connectivity index (χ3n) is 5.22. The van der Waals surface area contributed by atoms with Crippen LogP contribution in [0.2, 0.25) is 0 Å². The van der Waals surface area contributed by atoms with Gasteiger partial charge in [0, 0.05) is 30.9 Å². The van der Waals surface area contributed by atoms with E-state index >= 15 is 0 Å². The Hall–Kier alpha value is -2.63. The monoisotopic (exact) mass is 338 g/mol. The zero-order chi connectivity index (χ0) is 17.6. The van der Waals surface area contributed by atoms with Gasteiger partial charge in [-0.2, -0.15) is 5.10 Å². The normalized spacial score (nSPS) is 16.5. The molecule has 3 heterocycles. The number of hydrogen-bond acceptors (Lipinski definition) is 3. The minimum atomic E-state index is -0.421. The molecule has 6 nitrogen and oxygen atoms in total. The standard InChI is InChI=1S/C19H22N4O2/c1-13(18(24)22-10-6-3-7-11-22)23-16-9-5-4-8-14(16)15-12-20-21(2)19(25)17(15)23/h4-5,8-9,12-13H,3,6-7,10-11H2,1-2H3. The molecule has 0 bridgehead atoms. The molecule has 1 aliphatic heterocycles. The molecule has 0 N–H and O–H groups in total. The van der Waals surface area contributed by atoms with Crippen molar-refractivity contribution in [1.29, 1.82) is 0 Å². The first kappa shape index (κ1) is 15.9. The molecule has 0 aliphatic carbocycles. The van der Waals surface area contributed by atoms with E-state index in [0.29, 0.717) is 5.52 Å². The zero-order valence-corrected chi connectivity index (χ0v) is 14.6. The van der Waals surface area contributed by atoms with Gasteiger partial charge in [-0.1, -0.05) is 18.2 Å². The third-order valence-corrected chi connectivity index (χ3v) is 5.22. The van der Waals surface area contributed by atoms with Gasteiger partial charge in [-0.25, -0.2) is 4.68 Å². The second-order valence-electron chi connectivity index (χ2n) is 6.78. The molecular weight excluding hydrogens is 316 g/mol. The highest BCUT2D eigenvalue weighted by Crippen LogP contribution is 2.30. The predicted molar refractivity (Wildman–Crippen MR) is 97.6 cm³/mol. The van der Waals surface area contributed by atoms with Crippen LogP contribution in [0.15, 0.2) is 35.3 Å². The number of aromatic nitrogens is 3. The van der Waals surface area contributed by atoms with Crippen LogP contribution in [0.1, 0.15) is 32.2 Å². The molecule has 6 heteroatoms. The molecule has 1 atom stereocenters. The second-order valence-corrected chi connectivity index (χ2v) is 6.78. The van der Waals surface area contributed by atoms with Crippen molar-refractivity contribution < 1.29 is 4.79 Å². The SMILES string of the molecule is CC(C(=O)N1CCCCC1)n1c2ccccc2c2cnn(C)c(=O)c21. The van der Waals surface area contributed by atoms with Crippen LogP contribution in [0.25, 0.3) is 21.8 Å². The molecule has 4 rings (SSSR count). The first-order chi connectivity index (χ1) is 12.1. The lowest BCUT2D eigenvalue weighted by Gasteiger charge is -2.30. The number of fused-ring (bicyclic) bond motifs is 3. The number of carbonyl (C=O) groups is 1. The topological polar surface area (TPSA) is 60.1 Å². The van der Waals surface area contributed by atoms with Crippen molar-refractivity contribution in [1.82, 2.24) is 19.2 Å². The van der Waals surface area contributed by atoms with E-state index in [2.05, 4.69) is 5.10 Å². The molecule has 1 saturated heterocycles. The minimum Gasteiger partial charge on any atom is -0.341 e. The molecule has 0 saturated carbocycles. The van der Waals surface area contributed by atoms with E-state index in [1.807, 2.05) is 40.7 Å². The number of benzene rings is 1. The second kappa shape index (κ2) is 6.02. The number of rotatable bonds is 2. The van der Waals surface area contributed by atoms with E-state index < -0.39 is 6.04 Å². The van der Waals surface area contributed by atoms with Crippen LogP contribution in [0.4, 0.5) is 0 Å². The van der Waals surface area contributed by atoms with Crippen molar-refractivity contribution in [3.63, 3.8) is 0 Å². The largest absolute Gasteiger partial charge is 0.341 e. The molecule has 2 aromatic heterocycles. The van der Waals surface area contributed by atoms with Crippen molar-refractivity contribution in [2.45, 2.75) is 32.2 Å². The van der Waals surface area contributed by atoms with Gasteiger partial charge in [0.25, 0.3) is 5.56 Å². The van der Waals surface area contributed by atoms with Crippen molar-refractivity contribution in [2.75, 3.05) is 13.1 Å². The van der Waals surface area contributed by atoms with E-state index in [1.54, 1.807) is 13.2 Å². The van der Waals surface area contributed by atoms with Crippen molar-refractivity contribution in [2.24, 2.45) is 7.05 Å². The molecule has 0 spiro atoms. The summed E-state index contributed by atoms with van der Waals surface area (Å²) in [6.45, 7) is 3.50. The van der Waals surface area contributed by atoms with Gasteiger partial charge in [0.2, 0.25) is 5.91 Å². The Balaban J connectivity index is 1.94. The van der Waals surface area contributed by atoms with Crippen LogP contribution in [-0.4, -0.2) is 38.2 Å². The van der Waals surface area contributed by atoms with Crippen LogP contribution in [0, 0.1) is 0 Å². The van der Waals surface area contributed by atoms with Gasteiger partial charge in [-0.15, -0.1) is 0 Å². The zero-order valence-electron chi connectivity index (χ0n) is 14.6. The summed E-state index contributed by atoms with van der Waals surface area (Å²) >= 11 is 0. The number of aryl methyl sites for hydroxylation is 1. The fourth-order valence-electron chi connectivity index (χ4n) is 3.88. The summed E-state index contributed by atoms with van der Waals surface area (Å²) in [4.78, 5) is 27.8. The fourth-order valence-corrected chi connectivity index (χ4v) is 3.88. The smallest absolute Gasteiger partial charge is 0.291 e. The Bertz CT molecular complexity index is 1010. The fraction of sp³-hybridized carbons (Fsp3) is 0.421. The minimum absolute atomic E-state index is 0.0845. The average Bonchev–Trinajstić information content (AvgIpc) is 2.99. The first-order valence-corrected chi connectivity index (χ1v) is 8.83. The Kier molecular flexibility index (Phi) is 3.82. The van der Waals surface area contributed by atoms with Crippen LogP contribution in [0.5, 0.6) is 0 Å². The van der Waals surface area contributed by atoms with Crippen molar-refractivity contribution in [3.05, 3.63) is 40.8 Å². The van der Waals surface area contributed by atoms with E-state index in [-0.39, 0.29) is 11.5 Å².